The summed E-state index contributed by atoms with van der Waals surface area (Å²) in [7, 11) is 0. The van der Waals surface area contributed by atoms with E-state index in [1.54, 1.807) is 0 Å². The number of alkyl halides is 2. The van der Waals surface area contributed by atoms with Crippen LogP contribution in [0.3, 0.4) is 0 Å². The molecule has 0 aliphatic carbocycles. The molecule has 0 amide bonds. The van der Waals surface area contributed by atoms with E-state index in [9.17, 15) is 8.78 Å². The van der Waals surface area contributed by atoms with Gasteiger partial charge in [-0.05, 0) is 12.3 Å². The Morgan fingerprint density at radius 3 is 2.92 bits per heavy atom. The second-order valence-electron chi connectivity index (χ2n) is 2.65. The lowest BCUT2D eigenvalue weighted by Crippen LogP contribution is -1.79. The van der Waals surface area contributed by atoms with Gasteiger partial charge in [0.15, 0.2) is 0 Å². The third-order valence-corrected chi connectivity index (χ3v) is 1.87. The third-order valence-electron chi connectivity index (χ3n) is 1.87. The maximum Gasteiger partial charge on any atom is 0.265 e. The van der Waals surface area contributed by atoms with Crippen LogP contribution in [0.25, 0.3) is 16.7 Å². The van der Waals surface area contributed by atoms with Gasteiger partial charge in [-0.1, -0.05) is 0 Å². The van der Waals surface area contributed by atoms with Crippen LogP contribution in [0.15, 0.2) is 24.7 Å². The molecule has 0 aliphatic rings. The second kappa shape index (κ2) is 2.69. The molecule has 1 N–H and O–H groups in total. The van der Waals surface area contributed by atoms with Gasteiger partial charge >= 0.3 is 0 Å². The summed E-state index contributed by atoms with van der Waals surface area (Å²) >= 11 is 0. The number of halogens is 2. The van der Waals surface area contributed by atoms with Gasteiger partial charge in [-0.3, -0.25) is 4.98 Å². The first-order valence-electron chi connectivity index (χ1n) is 3.65. The molecule has 0 aliphatic heterocycles. The van der Waals surface area contributed by atoms with Gasteiger partial charge < -0.3 is 10.5 Å². The molecule has 3 nitrogen and oxygen atoms in total. The maximum absolute atomic E-state index is 12.4. The molecule has 2 rings (SSSR count). The van der Waals surface area contributed by atoms with E-state index in [1.807, 2.05) is 0 Å². The molecule has 0 atom stereocenters. The first-order valence-corrected chi connectivity index (χ1v) is 3.65. The third kappa shape index (κ3) is 1.12. The molecule has 2 aromatic rings. The number of hydrogen-bond donors (Lipinski definition) is 0. The van der Waals surface area contributed by atoms with Crippen molar-refractivity contribution in [2.24, 2.45) is 0 Å². The summed E-state index contributed by atoms with van der Waals surface area (Å²) in [6, 6.07) is 1.49. The van der Waals surface area contributed by atoms with Crippen LogP contribution < -0.4 is 0 Å². The molecule has 13 heavy (non-hydrogen) atoms. The number of rotatable bonds is 1. The number of aromatic nitrogens is 2. The average Bonchev–Trinajstić information content (AvgIpc) is 2.45. The molecular weight excluding hydrogens is 176 g/mol. The molecule has 68 valence electrons. The Balaban J connectivity index is 2.78. The van der Waals surface area contributed by atoms with Crippen molar-refractivity contribution in [2.75, 3.05) is 0 Å². The predicted molar refractivity (Wildman–Crippen MR) is 44.4 cm³/mol. The summed E-state index contributed by atoms with van der Waals surface area (Å²) in [6.45, 7) is 0. The van der Waals surface area contributed by atoms with E-state index in [2.05, 4.69) is 4.98 Å². The smallest absolute Gasteiger partial charge is 0.265 e. The summed E-state index contributed by atoms with van der Waals surface area (Å²) in [6.07, 6.45) is 1.40. The molecule has 0 saturated heterocycles. The number of nitrogens with zero attached hydrogens (tertiary/aromatic N) is 2. The van der Waals surface area contributed by atoms with Crippen molar-refractivity contribution in [2.45, 2.75) is 6.43 Å². The zero-order chi connectivity index (χ0) is 9.42. The normalized spacial score (nSPS) is 11.3. The van der Waals surface area contributed by atoms with Crippen LogP contribution in [0.5, 0.6) is 0 Å². The molecular formula is C8H6F2N3-. The first-order chi connectivity index (χ1) is 6.20. The fourth-order valence-electron chi connectivity index (χ4n) is 1.27. The lowest BCUT2D eigenvalue weighted by atomic mass is 10.2. The summed E-state index contributed by atoms with van der Waals surface area (Å²) < 4.78 is 25.7. The molecule has 0 bridgehead atoms. The van der Waals surface area contributed by atoms with Crippen molar-refractivity contribution in [3.8, 4) is 0 Å². The summed E-state index contributed by atoms with van der Waals surface area (Å²) in [5.74, 6) is 7.32. The van der Waals surface area contributed by atoms with E-state index >= 15 is 0 Å². The minimum Gasteiger partial charge on any atom is -0.631 e. The highest BCUT2D eigenvalue weighted by Crippen LogP contribution is 2.28. The fraction of sp³-hybridized carbons (Fsp3) is 0.125. The average molecular weight is 182 g/mol. The minimum atomic E-state index is -2.54. The van der Waals surface area contributed by atoms with E-state index in [-0.39, 0.29) is 5.56 Å². The lowest BCUT2D eigenvalue weighted by molar-refractivity contribution is 0.153. The van der Waals surface area contributed by atoms with Crippen molar-refractivity contribution in [1.82, 2.24) is 9.66 Å². The predicted octanol–water partition coefficient (Wildman–Crippen LogP) is 2.79. The van der Waals surface area contributed by atoms with Crippen LogP contribution in [-0.2, 0) is 0 Å². The maximum atomic E-state index is 12.4. The molecule has 0 radical (unpaired) electrons. The number of pyridine rings is 1. The minimum absolute atomic E-state index is 0.118. The van der Waals surface area contributed by atoms with Crippen molar-refractivity contribution >= 4 is 10.9 Å². The zero-order valence-corrected chi connectivity index (χ0v) is 6.54. The van der Waals surface area contributed by atoms with Gasteiger partial charge in [0.05, 0.1) is 5.52 Å². The Morgan fingerprint density at radius 2 is 2.23 bits per heavy atom. The summed E-state index contributed by atoms with van der Waals surface area (Å²) in [4.78, 5) is 3.76. The molecule has 0 spiro atoms. The van der Waals surface area contributed by atoms with Gasteiger partial charge in [0.1, 0.15) is 0 Å². The van der Waals surface area contributed by atoms with E-state index in [0.717, 1.165) is 10.9 Å². The topological polar surface area (TPSA) is 41.6 Å². The van der Waals surface area contributed by atoms with Crippen LogP contribution in [0.1, 0.15) is 12.0 Å². The molecule has 0 aromatic carbocycles. The fourth-order valence-corrected chi connectivity index (χ4v) is 1.27. The molecule has 5 heteroatoms. The Labute approximate surface area is 72.8 Å². The van der Waals surface area contributed by atoms with E-state index in [4.69, 9.17) is 5.84 Å². The Kier molecular flexibility index (Phi) is 1.65. The first kappa shape index (κ1) is 7.97. The molecule has 0 unspecified atom stereocenters. The van der Waals surface area contributed by atoms with Gasteiger partial charge in [0.25, 0.3) is 6.43 Å². The van der Waals surface area contributed by atoms with Crippen molar-refractivity contribution in [1.29, 1.82) is 0 Å². The van der Waals surface area contributed by atoms with Gasteiger partial charge in [-0.2, -0.15) is 0 Å². The van der Waals surface area contributed by atoms with E-state index < -0.39 is 6.43 Å². The molecule has 0 saturated carbocycles. The Morgan fingerprint density at radius 1 is 1.46 bits per heavy atom. The standard InChI is InChI=1S/C8H6F2N3/c9-8(10)6-4-13(11)7-3-12-2-1-5(6)7/h1-4,8,11H/q-1. The van der Waals surface area contributed by atoms with Gasteiger partial charge in [-0.25, -0.2) is 8.78 Å². The second-order valence-corrected chi connectivity index (χ2v) is 2.65. The molecule has 2 aromatic heterocycles. The quantitative estimate of drug-likeness (QED) is 0.668. The summed E-state index contributed by atoms with van der Waals surface area (Å²) in [5, 5.41) is 0.389. The van der Waals surface area contributed by atoms with Crippen LogP contribution in [0.2, 0.25) is 0 Å². The van der Waals surface area contributed by atoms with Crippen LogP contribution in [-0.4, -0.2) is 9.66 Å². The van der Waals surface area contributed by atoms with E-state index in [0.29, 0.717) is 10.9 Å². The van der Waals surface area contributed by atoms with Gasteiger partial charge in [0.2, 0.25) is 0 Å². The number of fused-ring (bicyclic) bond motifs is 1. The SMILES string of the molecule is [NH-]n1cc(C(F)F)c2ccncc21. The van der Waals surface area contributed by atoms with Crippen LogP contribution >= 0.6 is 0 Å². The van der Waals surface area contributed by atoms with Crippen molar-refractivity contribution < 1.29 is 8.78 Å². The van der Waals surface area contributed by atoms with Gasteiger partial charge in [0, 0.05) is 23.3 Å². The Hall–Kier alpha value is -1.65. The monoisotopic (exact) mass is 182 g/mol. The largest absolute Gasteiger partial charge is 0.631 e. The Bertz CT molecular complexity index is 436. The van der Waals surface area contributed by atoms with E-state index in [1.165, 1.54) is 18.5 Å². The lowest BCUT2D eigenvalue weighted by Gasteiger charge is -2.03. The van der Waals surface area contributed by atoms with Gasteiger partial charge in [-0.15, -0.1) is 0 Å². The highest BCUT2D eigenvalue weighted by atomic mass is 19.3. The van der Waals surface area contributed by atoms with Crippen molar-refractivity contribution in [3.63, 3.8) is 0 Å². The highest BCUT2D eigenvalue weighted by molar-refractivity contribution is 5.83. The number of nitrogens with one attached hydrogen (secondary N) is 1. The number of hydrogen-bond acceptors (Lipinski definition) is 1. The van der Waals surface area contributed by atoms with Crippen LogP contribution in [0, 0.1) is 0 Å². The molecule has 0 fully saturated rings. The summed E-state index contributed by atoms with van der Waals surface area (Å²) in [5.41, 5.74) is 0.283. The molecule has 2 heterocycles. The van der Waals surface area contributed by atoms with Crippen molar-refractivity contribution in [3.05, 3.63) is 36.1 Å². The zero-order valence-electron chi connectivity index (χ0n) is 6.54. The highest BCUT2D eigenvalue weighted by Gasteiger charge is 2.12. The van der Waals surface area contributed by atoms with Crippen LogP contribution in [0.4, 0.5) is 8.78 Å².